The largest absolute Gasteiger partial charge is 0.506 e. The highest BCUT2D eigenvalue weighted by molar-refractivity contribution is 5.80. The average Bonchev–Trinajstić information content (AvgIpc) is 2.70. The molecule has 1 heterocycles. The van der Waals surface area contributed by atoms with Crippen LogP contribution in [0.5, 0.6) is 11.5 Å². The number of hydrogen-bond donors (Lipinski definition) is 2. The lowest BCUT2D eigenvalue weighted by atomic mass is 10.2. The number of anilines is 1. The van der Waals surface area contributed by atoms with Crippen molar-refractivity contribution in [1.29, 1.82) is 0 Å². The highest BCUT2D eigenvalue weighted by Crippen LogP contribution is 2.27. The van der Waals surface area contributed by atoms with E-state index in [-0.39, 0.29) is 6.10 Å². The van der Waals surface area contributed by atoms with Crippen LogP contribution >= 0.6 is 0 Å². The monoisotopic (exact) mass is 382 g/mol. The number of piperazine rings is 1. The van der Waals surface area contributed by atoms with Crippen LogP contribution < -0.4 is 15.0 Å². The number of aliphatic imine (C=N–C) groups is 1. The molecular formula is C22H30N4O2. The first-order valence-electron chi connectivity index (χ1n) is 9.81. The molecule has 150 valence electrons. The van der Waals surface area contributed by atoms with Gasteiger partial charge in [-0.25, -0.2) is 0 Å². The number of para-hydroxylation sites is 2. The molecule has 0 saturated carbocycles. The highest BCUT2D eigenvalue weighted by Gasteiger charge is 2.21. The first-order valence-corrected chi connectivity index (χ1v) is 9.81. The van der Waals surface area contributed by atoms with Crippen molar-refractivity contribution in [3.8, 4) is 11.5 Å². The Kier molecular flexibility index (Phi) is 6.63. The van der Waals surface area contributed by atoms with Gasteiger partial charge in [0.1, 0.15) is 11.5 Å². The van der Waals surface area contributed by atoms with Crippen LogP contribution in [0.15, 0.2) is 53.5 Å². The zero-order valence-corrected chi connectivity index (χ0v) is 16.9. The third-order valence-electron chi connectivity index (χ3n) is 4.76. The van der Waals surface area contributed by atoms with Crippen LogP contribution in [0.4, 0.5) is 5.69 Å². The van der Waals surface area contributed by atoms with Crippen molar-refractivity contribution < 1.29 is 9.84 Å². The number of nitrogens with zero attached hydrogens (tertiary/aromatic N) is 3. The quantitative estimate of drug-likeness (QED) is 0.615. The first-order chi connectivity index (χ1) is 13.6. The molecule has 0 radical (unpaired) electrons. The van der Waals surface area contributed by atoms with Gasteiger partial charge in [0.25, 0.3) is 0 Å². The Morgan fingerprint density at radius 1 is 1.07 bits per heavy atom. The third-order valence-corrected chi connectivity index (χ3v) is 4.76. The van der Waals surface area contributed by atoms with Crippen molar-refractivity contribution in [2.75, 3.05) is 38.1 Å². The van der Waals surface area contributed by atoms with Gasteiger partial charge in [-0.1, -0.05) is 24.3 Å². The fourth-order valence-corrected chi connectivity index (χ4v) is 3.36. The van der Waals surface area contributed by atoms with Gasteiger partial charge in [-0.05, 0) is 43.7 Å². The standard InChI is InChI=1S/C22H30N4O2/c1-17(2)28-19-10-8-18(9-11-19)16-24-22(23-3)26-14-12-25(13-15-26)20-6-4-5-7-21(20)27/h4-11,17,27H,12-16H2,1-3H3,(H,23,24). The second-order valence-electron chi connectivity index (χ2n) is 7.17. The van der Waals surface area contributed by atoms with Gasteiger partial charge in [0.2, 0.25) is 0 Å². The lowest BCUT2D eigenvalue weighted by Gasteiger charge is -2.37. The molecule has 2 aromatic carbocycles. The van der Waals surface area contributed by atoms with Gasteiger partial charge >= 0.3 is 0 Å². The Labute approximate surface area is 167 Å². The molecule has 6 nitrogen and oxygen atoms in total. The van der Waals surface area contributed by atoms with Gasteiger partial charge < -0.3 is 25.0 Å². The molecule has 1 fully saturated rings. The molecule has 0 aromatic heterocycles. The molecule has 0 aliphatic carbocycles. The maximum absolute atomic E-state index is 10.1. The van der Waals surface area contributed by atoms with E-state index in [4.69, 9.17) is 4.74 Å². The molecule has 28 heavy (non-hydrogen) atoms. The molecule has 0 atom stereocenters. The number of phenolic OH excluding ortho intramolecular Hbond substituents is 1. The van der Waals surface area contributed by atoms with E-state index in [2.05, 4.69) is 32.2 Å². The lowest BCUT2D eigenvalue weighted by molar-refractivity contribution is 0.242. The van der Waals surface area contributed by atoms with Crippen molar-refractivity contribution in [3.63, 3.8) is 0 Å². The summed E-state index contributed by atoms with van der Waals surface area (Å²) in [5.74, 6) is 2.13. The number of phenols is 1. The lowest BCUT2D eigenvalue weighted by Crippen LogP contribution is -2.52. The number of guanidine groups is 1. The minimum absolute atomic E-state index is 0.180. The smallest absolute Gasteiger partial charge is 0.194 e. The first kappa shape index (κ1) is 19.9. The average molecular weight is 383 g/mol. The highest BCUT2D eigenvalue weighted by atomic mass is 16.5. The molecule has 1 saturated heterocycles. The van der Waals surface area contributed by atoms with Crippen molar-refractivity contribution >= 4 is 11.6 Å². The van der Waals surface area contributed by atoms with E-state index in [1.807, 2.05) is 51.2 Å². The van der Waals surface area contributed by atoms with Gasteiger partial charge in [-0.2, -0.15) is 0 Å². The fourth-order valence-electron chi connectivity index (χ4n) is 3.36. The summed E-state index contributed by atoms with van der Waals surface area (Å²) in [5, 5.41) is 13.5. The molecule has 0 amide bonds. The Bertz CT molecular complexity index is 781. The Balaban J connectivity index is 1.52. The second kappa shape index (κ2) is 9.35. The van der Waals surface area contributed by atoms with E-state index in [0.717, 1.165) is 43.6 Å². The number of hydrogen-bond acceptors (Lipinski definition) is 4. The van der Waals surface area contributed by atoms with Gasteiger partial charge in [0, 0.05) is 39.8 Å². The van der Waals surface area contributed by atoms with Crippen LogP contribution in [0.2, 0.25) is 0 Å². The van der Waals surface area contributed by atoms with E-state index in [1.165, 1.54) is 5.56 Å². The van der Waals surface area contributed by atoms with E-state index < -0.39 is 0 Å². The van der Waals surface area contributed by atoms with E-state index in [0.29, 0.717) is 12.3 Å². The summed E-state index contributed by atoms with van der Waals surface area (Å²) in [5.41, 5.74) is 2.08. The minimum atomic E-state index is 0.180. The molecule has 2 aromatic rings. The van der Waals surface area contributed by atoms with Crippen LogP contribution in [0, 0.1) is 0 Å². The van der Waals surface area contributed by atoms with Gasteiger partial charge in [-0.15, -0.1) is 0 Å². The summed E-state index contributed by atoms with van der Waals surface area (Å²) < 4.78 is 5.69. The number of ether oxygens (including phenoxy) is 1. The normalized spacial score (nSPS) is 15.1. The number of benzene rings is 2. The van der Waals surface area contributed by atoms with Gasteiger partial charge in [-0.3, -0.25) is 4.99 Å². The summed E-state index contributed by atoms with van der Waals surface area (Å²) in [6.45, 7) is 8.18. The summed E-state index contributed by atoms with van der Waals surface area (Å²) >= 11 is 0. The molecule has 0 unspecified atom stereocenters. The molecule has 1 aliphatic rings. The Hall–Kier alpha value is -2.89. The zero-order chi connectivity index (χ0) is 19.9. The van der Waals surface area contributed by atoms with Crippen molar-refractivity contribution in [3.05, 3.63) is 54.1 Å². The van der Waals surface area contributed by atoms with Crippen LogP contribution in [-0.4, -0.2) is 55.3 Å². The predicted molar refractivity (Wildman–Crippen MR) is 114 cm³/mol. The van der Waals surface area contributed by atoms with Gasteiger partial charge in [0.15, 0.2) is 5.96 Å². The minimum Gasteiger partial charge on any atom is -0.506 e. The summed E-state index contributed by atoms with van der Waals surface area (Å²) in [4.78, 5) is 8.91. The van der Waals surface area contributed by atoms with Crippen molar-refractivity contribution in [2.24, 2.45) is 4.99 Å². The third kappa shape index (κ3) is 5.09. The number of aromatic hydroxyl groups is 1. The molecule has 0 spiro atoms. The van der Waals surface area contributed by atoms with Crippen LogP contribution in [0.3, 0.4) is 0 Å². The van der Waals surface area contributed by atoms with E-state index >= 15 is 0 Å². The fraction of sp³-hybridized carbons (Fsp3) is 0.409. The van der Waals surface area contributed by atoms with E-state index in [1.54, 1.807) is 6.07 Å². The zero-order valence-electron chi connectivity index (χ0n) is 16.9. The molecule has 0 bridgehead atoms. The van der Waals surface area contributed by atoms with Gasteiger partial charge in [0.05, 0.1) is 11.8 Å². The predicted octanol–water partition coefficient (Wildman–Crippen LogP) is 3.08. The number of nitrogens with one attached hydrogen (secondary N) is 1. The summed E-state index contributed by atoms with van der Waals surface area (Å²) in [6, 6.07) is 15.7. The van der Waals surface area contributed by atoms with Crippen LogP contribution in [-0.2, 0) is 6.54 Å². The second-order valence-corrected chi connectivity index (χ2v) is 7.17. The SMILES string of the molecule is CN=C(NCc1ccc(OC(C)C)cc1)N1CCN(c2ccccc2O)CC1. The van der Waals surface area contributed by atoms with Crippen LogP contribution in [0.1, 0.15) is 19.4 Å². The molecule has 6 heteroatoms. The molecule has 3 rings (SSSR count). The van der Waals surface area contributed by atoms with Crippen molar-refractivity contribution in [2.45, 2.75) is 26.5 Å². The maximum Gasteiger partial charge on any atom is 0.194 e. The van der Waals surface area contributed by atoms with Crippen molar-refractivity contribution in [1.82, 2.24) is 10.2 Å². The summed E-state index contributed by atoms with van der Waals surface area (Å²) in [6.07, 6.45) is 0.180. The topological polar surface area (TPSA) is 60.3 Å². The maximum atomic E-state index is 10.1. The summed E-state index contributed by atoms with van der Waals surface area (Å²) in [7, 11) is 1.82. The Morgan fingerprint density at radius 2 is 1.75 bits per heavy atom. The van der Waals surface area contributed by atoms with Crippen LogP contribution in [0.25, 0.3) is 0 Å². The van der Waals surface area contributed by atoms with E-state index in [9.17, 15) is 5.11 Å². The number of rotatable bonds is 5. The molecular weight excluding hydrogens is 352 g/mol. The Morgan fingerprint density at radius 3 is 2.36 bits per heavy atom. The molecule has 1 aliphatic heterocycles. The molecule has 2 N–H and O–H groups in total.